The van der Waals surface area contributed by atoms with Crippen molar-refractivity contribution in [3.63, 3.8) is 0 Å². The van der Waals surface area contributed by atoms with Crippen LogP contribution in [0.4, 0.5) is 0 Å². The van der Waals surface area contributed by atoms with E-state index in [2.05, 4.69) is 27.0 Å². The van der Waals surface area contributed by atoms with Crippen molar-refractivity contribution in [2.75, 3.05) is 0 Å². The lowest BCUT2D eigenvalue weighted by Crippen LogP contribution is -2.37. The highest BCUT2D eigenvalue weighted by molar-refractivity contribution is 9.10. The molecule has 2 aliphatic heterocycles. The van der Waals surface area contributed by atoms with Crippen molar-refractivity contribution in [3.8, 4) is 6.07 Å². The van der Waals surface area contributed by atoms with Crippen LogP contribution in [0.1, 0.15) is 31.1 Å². The molecule has 4 unspecified atom stereocenters. The van der Waals surface area contributed by atoms with Crippen molar-refractivity contribution < 1.29 is 9.84 Å². The monoisotopic (exact) mass is 308 g/mol. The van der Waals surface area contributed by atoms with E-state index in [1.165, 1.54) is 0 Å². The molecule has 1 aromatic rings. The molecule has 0 radical (unpaired) electrons. The van der Waals surface area contributed by atoms with E-state index in [0.717, 1.165) is 17.3 Å². The van der Waals surface area contributed by atoms with Gasteiger partial charge < -0.3 is 9.84 Å². The van der Waals surface area contributed by atoms with Crippen LogP contribution in [0.25, 0.3) is 0 Å². The van der Waals surface area contributed by atoms with E-state index in [9.17, 15) is 10.4 Å². The van der Waals surface area contributed by atoms with Crippen LogP contribution in [0, 0.1) is 16.7 Å². The summed E-state index contributed by atoms with van der Waals surface area (Å²) in [5.41, 5.74) is -0.292. The Kier molecular flexibility index (Phi) is 2.89. The first-order valence-corrected chi connectivity index (χ1v) is 6.81. The van der Waals surface area contributed by atoms with Crippen LogP contribution in [-0.4, -0.2) is 22.3 Å². The Bertz CT molecular complexity index is 499. The Labute approximate surface area is 114 Å². The van der Waals surface area contributed by atoms with Crippen LogP contribution in [0.3, 0.4) is 0 Å². The Morgan fingerprint density at radius 2 is 2.39 bits per heavy atom. The number of nitrogens with zero attached hydrogens (tertiary/aromatic N) is 2. The first kappa shape index (κ1) is 12.1. The Morgan fingerprint density at radius 1 is 1.56 bits per heavy atom. The summed E-state index contributed by atoms with van der Waals surface area (Å²) >= 11 is 3.31. The number of pyridine rings is 1. The summed E-state index contributed by atoms with van der Waals surface area (Å²) in [4.78, 5) is 4.20. The van der Waals surface area contributed by atoms with E-state index in [0.29, 0.717) is 12.1 Å². The fourth-order valence-electron chi connectivity index (χ4n) is 3.02. The molecule has 0 aliphatic carbocycles. The molecule has 1 N–H and O–H groups in total. The van der Waals surface area contributed by atoms with Crippen LogP contribution in [0.15, 0.2) is 22.8 Å². The van der Waals surface area contributed by atoms with Crippen LogP contribution in [-0.2, 0) is 4.74 Å². The second kappa shape index (κ2) is 4.30. The summed E-state index contributed by atoms with van der Waals surface area (Å²) in [6, 6.07) is 5.87. The first-order valence-electron chi connectivity index (χ1n) is 6.02. The summed E-state index contributed by atoms with van der Waals surface area (Å²) in [6.07, 6.45) is 3.17. The largest absolute Gasteiger partial charge is 0.385 e. The fourth-order valence-corrected chi connectivity index (χ4v) is 3.26. The van der Waals surface area contributed by atoms with Gasteiger partial charge in [-0.05, 0) is 47.3 Å². The minimum absolute atomic E-state index is 0.125. The molecule has 3 heterocycles. The van der Waals surface area contributed by atoms with Gasteiger partial charge in [0.2, 0.25) is 0 Å². The molecule has 0 aromatic carbocycles. The van der Waals surface area contributed by atoms with Crippen molar-refractivity contribution in [2.45, 2.75) is 37.6 Å². The van der Waals surface area contributed by atoms with Crippen molar-refractivity contribution >= 4 is 15.9 Å². The number of ether oxygens (including phenoxy) is 1. The van der Waals surface area contributed by atoms with Crippen molar-refractivity contribution in [1.82, 2.24) is 4.98 Å². The topological polar surface area (TPSA) is 66.1 Å². The van der Waals surface area contributed by atoms with Crippen molar-refractivity contribution in [3.05, 3.63) is 28.5 Å². The molecule has 1 aromatic heterocycles. The maximum absolute atomic E-state index is 10.5. The van der Waals surface area contributed by atoms with Gasteiger partial charge in [0, 0.05) is 10.7 Å². The molecule has 0 saturated carbocycles. The molecule has 2 bridgehead atoms. The van der Waals surface area contributed by atoms with Gasteiger partial charge in [-0.25, -0.2) is 0 Å². The van der Waals surface area contributed by atoms with Gasteiger partial charge in [-0.1, -0.05) is 0 Å². The average molecular weight is 309 g/mol. The third kappa shape index (κ3) is 1.68. The summed E-state index contributed by atoms with van der Waals surface area (Å²) in [7, 11) is 0. The number of aliphatic hydroxyl groups is 1. The molecule has 18 heavy (non-hydrogen) atoms. The molecule has 0 spiro atoms. The summed E-state index contributed by atoms with van der Waals surface area (Å²) in [6.45, 7) is 0. The lowest BCUT2D eigenvalue weighted by molar-refractivity contribution is 0.00123. The van der Waals surface area contributed by atoms with Crippen LogP contribution in [0.5, 0.6) is 0 Å². The lowest BCUT2D eigenvalue weighted by Gasteiger charge is -2.32. The number of rotatable bonds is 2. The van der Waals surface area contributed by atoms with Gasteiger partial charge in [-0.3, -0.25) is 4.98 Å². The van der Waals surface area contributed by atoms with Gasteiger partial charge in [0.25, 0.3) is 0 Å². The number of hydrogen-bond donors (Lipinski definition) is 1. The van der Waals surface area contributed by atoms with Gasteiger partial charge in [-0.15, -0.1) is 0 Å². The molecule has 5 heteroatoms. The Hall–Kier alpha value is -0.960. The predicted octanol–water partition coefficient (Wildman–Crippen LogP) is 2.34. The molecule has 4 atom stereocenters. The zero-order valence-electron chi connectivity index (χ0n) is 9.71. The van der Waals surface area contributed by atoms with Gasteiger partial charge in [0.1, 0.15) is 11.5 Å². The minimum Gasteiger partial charge on any atom is -0.385 e. The number of halogens is 1. The zero-order valence-corrected chi connectivity index (χ0v) is 11.3. The quantitative estimate of drug-likeness (QED) is 0.910. The van der Waals surface area contributed by atoms with Gasteiger partial charge >= 0.3 is 0 Å². The fraction of sp³-hybridized carbons (Fsp3) is 0.538. The van der Waals surface area contributed by atoms with Crippen LogP contribution in [0.2, 0.25) is 0 Å². The molecular formula is C13H13BrN2O2. The highest BCUT2D eigenvalue weighted by Crippen LogP contribution is 2.53. The number of aromatic nitrogens is 1. The first-order chi connectivity index (χ1) is 8.65. The molecular weight excluding hydrogens is 296 g/mol. The zero-order chi connectivity index (χ0) is 12.8. The Morgan fingerprint density at radius 3 is 2.89 bits per heavy atom. The third-order valence-electron chi connectivity index (χ3n) is 3.97. The normalized spacial score (nSPS) is 35.4. The number of aliphatic hydroxyl groups excluding tert-OH is 1. The van der Waals surface area contributed by atoms with E-state index in [4.69, 9.17) is 4.74 Å². The van der Waals surface area contributed by atoms with Gasteiger partial charge in [0.15, 0.2) is 0 Å². The summed E-state index contributed by atoms with van der Waals surface area (Å²) in [5.74, 6) is 0. The average Bonchev–Trinajstić information content (AvgIpc) is 2.99. The van der Waals surface area contributed by atoms with Gasteiger partial charge in [0.05, 0.1) is 24.0 Å². The standard InChI is InChI=1S/C13H13BrN2O2/c14-8-1-3-10(16-6-8)12(17)13(7-15)5-9-2-4-11(13)18-9/h1,3,6,9,11-12,17H,2,4-5H2. The minimum atomic E-state index is -0.883. The molecule has 3 rings (SSSR count). The molecule has 2 saturated heterocycles. The maximum atomic E-state index is 10.5. The third-order valence-corrected chi connectivity index (χ3v) is 4.44. The SMILES string of the molecule is N#CC1(C(O)c2ccc(Br)cn2)CC2CCC1O2. The number of nitriles is 1. The second-order valence-electron chi connectivity index (χ2n) is 4.98. The molecule has 94 valence electrons. The van der Waals surface area contributed by atoms with E-state index >= 15 is 0 Å². The molecule has 2 aliphatic rings. The van der Waals surface area contributed by atoms with Crippen molar-refractivity contribution in [2.24, 2.45) is 5.41 Å². The maximum Gasteiger partial charge on any atom is 0.117 e. The van der Waals surface area contributed by atoms with E-state index < -0.39 is 11.5 Å². The highest BCUT2D eigenvalue weighted by atomic mass is 79.9. The lowest BCUT2D eigenvalue weighted by atomic mass is 9.70. The van der Waals surface area contributed by atoms with Crippen LogP contribution >= 0.6 is 15.9 Å². The van der Waals surface area contributed by atoms with Crippen LogP contribution < -0.4 is 0 Å². The van der Waals surface area contributed by atoms with Gasteiger partial charge in [-0.2, -0.15) is 5.26 Å². The van der Waals surface area contributed by atoms with Crippen molar-refractivity contribution in [1.29, 1.82) is 5.26 Å². The molecule has 2 fully saturated rings. The van der Waals surface area contributed by atoms with E-state index in [1.54, 1.807) is 12.3 Å². The number of fused-ring (bicyclic) bond motifs is 2. The predicted molar refractivity (Wildman–Crippen MR) is 67.5 cm³/mol. The summed E-state index contributed by atoms with van der Waals surface area (Å²) < 4.78 is 6.58. The smallest absolute Gasteiger partial charge is 0.117 e. The van der Waals surface area contributed by atoms with E-state index in [-0.39, 0.29) is 12.2 Å². The summed E-state index contributed by atoms with van der Waals surface area (Å²) in [5, 5.41) is 20.0. The second-order valence-corrected chi connectivity index (χ2v) is 5.90. The van der Waals surface area contributed by atoms with E-state index in [1.807, 2.05) is 6.07 Å². The Balaban J connectivity index is 1.93. The molecule has 0 amide bonds. The molecule has 4 nitrogen and oxygen atoms in total. The highest BCUT2D eigenvalue weighted by Gasteiger charge is 2.57. The number of hydrogen-bond acceptors (Lipinski definition) is 4.